The van der Waals surface area contributed by atoms with Crippen LogP contribution in [0.2, 0.25) is 0 Å². The van der Waals surface area contributed by atoms with Crippen LogP contribution in [-0.4, -0.2) is 29.6 Å². The Kier molecular flexibility index (Phi) is 4.93. The molecule has 0 bridgehead atoms. The molecule has 1 atom stereocenters. The number of aromatic nitrogens is 1. The molecule has 1 amide bonds. The molecule has 5 nitrogen and oxygen atoms in total. The molecule has 0 spiro atoms. The van der Waals surface area contributed by atoms with Gasteiger partial charge in [-0.3, -0.25) is 4.79 Å². The molecule has 0 aromatic carbocycles. The van der Waals surface area contributed by atoms with Gasteiger partial charge in [-0.25, -0.2) is 4.98 Å². The summed E-state index contributed by atoms with van der Waals surface area (Å²) in [7, 11) is 0. The van der Waals surface area contributed by atoms with E-state index in [2.05, 4.69) is 10.3 Å². The Labute approximate surface area is 113 Å². The van der Waals surface area contributed by atoms with Crippen molar-refractivity contribution < 1.29 is 9.53 Å². The number of halogens is 1. The van der Waals surface area contributed by atoms with Crippen molar-refractivity contribution in [1.82, 2.24) is 10.3 Å². The molecular weight excluding hydrogens is 254 g/mol. The van der Waals surface area contributed by atoms with Gasteiger partial charge in [-0.2, -0.15) is 0 Å². The van der Waals surface area contributed by atoms with Crippen molar-refractivity contribution in [3.63, 3.8) is 0 Å². The highest BCUT2D eigenvalue weighted by Gasteiger charge is 2.30. The predicted octanol–water partition coefficient (Wildman–Crippen LogP) is 1.38. The average Bonchev–Trinajstić information content (AvgIpc) is 2.75. The van der Waals surface area contributed by atoms with Crippen LogP contribution >= 0.6 is 12.4 Å². The van der Waals surface area contributed by atoms with Gasteiger partial charge in [0.05, 0.1) is 17.5 Å². The Bertz CT molecular complexity index is 402. The number of rotatable bonds is 3. The van der Waals surface area contributed by atoms with Crippen molar-refractivity contribution in [3.05, 3.63) is 24.0 Å². The summed E-state index contributed by atoms with van der Waals surface area (Å²) < 4.78 is 5.59. The lowest BCUT2D eigenvalue weighted by Gasteiger charge is -2.23. The van der Waals surface area contributed by atoms with Crippen molar-refractivity contribution in [2.45, 2.75) is 25.4 Å². The second-order valence-corrected chi connectivity index (χ2v) is 4.56. The van der Waals surface area contributed by atoms with E-state index in [4.69, 9.17) is 10.5 Å². The lowest BCUT2D eigenvalue weighted by atomic mass is 10.0. The van der Waals surface area contributed by atoms with Crippen molar-refractivity contribution >= 4 is 24.0 Å². The second-order valence-electron chi connectivity index (χ2n) is 4.56. The molecule has 1 aromatic heterocycles. The molecule has 6 heteroatoms. The number of pyridine rings is 1. The Balaban J connectivity index is 0.00000162. The molecule has 1 saturated heterocycles. The maximum atomic E-state index is 11.8. The van der Waals surface area contributed by atoms with Crippen molar-refractivity contribution in [1.29, 1.82) is 0 Å². The number of ether oxygens (including phenoxy) is 1. The van der Waals surface area contributed by atoms with E-state index in [9.17, 15) is 4.79 Å². The van der Waals surface area contributed by atoms with Crippen LogP contribution in [0, 0.1) is 0 Å². The maximum Gasteiger partial charge on any atom is 0.269 e. The first kappa shape index (κ1) is 14.7. The maximum absolute atomic E-state index is 11.8. The number of carbonyl (C=O) groups is 1. The van der Waals surface area contributed by atoms with Gasteiger partial charge in [-0.05, 0) is 31.9 Å². The number of nitrogens with two attached hydrogens (primary N) is 1. The van der Waals surface area contributed by atoms with E-state index in [1.165, 1.54) is 6.20 Å². The number of hydrogen-bond acceptors (Lipinski definition) is 4. The molecular formula is C12H18ClN3O2. The summed E-state index contributed by atoms with van der Waals surface area (Å²) in [5, 5.41) is 2.83. The number of nitrogens with zero attached hydrogens (tertiary/aromatic N) is 1. The Morgan fingerprint density at radius 3 is 2.94 bits per heavy atom. The standard InChI is InChI=1S/C12H17N3O2.ClH/c1-12(5-2-6-17-12)8-15-11(16)10-4-3-9(13)7-14-10;/h3-4,7H,2,5-6,8,13H2,1H3,(H,15,16);1H. The molecule has 2 heterocycles. The number of hydrogen-bond donors (Lipinski definition) is 2. The summed E-state index contributed by atoms with van der Waals surface area (Å²) in [6.45, 7) is 3.29. The molecule has 0 saturated carbocycles. The SMILES string of the molecule is CC1(CNC(=O)c2ccc(N)cn2)CCCO1.Cl. The van der Waals surface area contributed by atoms with Gasteiger partial charge in [0.15, 0.2) is 0 Å². The van der Waals surface area contributed by atoms with Gasteiger partial charge in [0.1, 0.15) is 5.69 Å². The predicted molar refractivity (Wildman–Crippen MR) is 71.8 cm³/mol. The molecule has 3 N–H and O–H groups in total. The zero-order valence-corrected chi connectivity index (χ0v) is 11.1. The number of anilines is 1. The van der Waals surface area contributed by atoms with Crippen molar-refractivity contribution in [3.8, 4) is 0 Å². The third-order valence-electron chi connectivity index (χ3n) is 2.94. The average molecular weight is 272 g/mol. The van der Waals surface area contributed by atoms with Gasteiger partial charge in [-0.15, -0.1) is 12.4 Å². The molecule has 0 radical (unpaired) electrons. The first-order valence-corrected chi connectivity index (χ1v) is 5.73. The van der Waals surface area contributed by atoms with Gasteiger partial charge in [0, 0.05) is 13.2 Å². The van der Waals surface area contributed by atoms with Crippen LogP contribution in [0.25, 0.3) is 0 Å². The van der Waals surface area contributed by atoms with E-state index in [1.807, 2.05) is 6.92 Å². The molecule has 1 aliphatic rings. The quantitative estimate of drug-likeness (QED) is 0.871. The third kappa shape index (κ3) is 3.58. The molecule has 1 aliphatic heterocycles. The Hall–Kier alpha value is -1.33. The number of nitrogen functional groups attached to an aromatic ring is 1. The topological polar surface area (TPSA) is 77.2 Å². The smallest absolute Gasteiger partial charge is 0.269 e. The largest absolute Gasteiger partial charge is 0.397 e. The fourth-order valence-corrected chi connectivity index (χ4v) is 1.87. The van der Waals surface area contributed by atoms with E-state index in [0.717, 1.165) is 19.4 Å². The highest BCUT2D eigenvalue weighted by Crippen LogP contribution is 2.23. The molecule has 1 fully saturated rings. The van der Waals surface area contributed by atoms with Crippen LogP contribution in [0.1, 0.15) is 30.3 Å². The minimum atomic E-state index is -0.233. The van der Waals surface area contributed by atoms with Gasteiger partial charge in [0.2, 0.25) is 0 Å². The van der Waals surface area contributed by atoms with E-state index >= 15 is 0 Å². The summed E-state index contributed by atoms with van der Waals surface area (Å²) in [6, 6.07) is 3.28. The minimum Gasteiger partial charge on any atom is -0.397 e. The number of carbonyl (C=O) groups excluding carboxylic acids is 1. The van der Waals surface area contributed by atoms with Crippen molar-refractivity contribution in [2.75, 3.05) is 18.9 Å². The number of amides is 1. The zero-order chi connectivity index (χ0) is 12.3. The molecule has 0 aliphatic carbocycles. The summed E-state index contributed by atoms with van der Waals surface area (Å²) in [5.74, 6) is -0.193. The third-order valence-corrected chi connectivity index (χ3v) is 2.94. The molecule has 1 unspecified atom stereocenters. The molecule has 100 valence electrons. The minimum absolute atomic E-state index is 0. The first-order valence-electron chi connectivity index (χ1n) is 5.73. The summed E-state index contributed by atoms with van der Waals surface area (Å²) in [4.78, 5) is 15.8. The highest BCUT2D eigenvalue weighted by molar-refractivity contribution is 5.92. The molecule has 1 aromatic rings. The molecule has 2 rings (SSSR count). The van der Waals surface area contributed by atoms with Crippen LogP contribution in [0.5, 0.6) is 0 Å². The second kappa shape index (κ2) is 6.02. The zero-order valence-electron chi connectivity index (χ0n) is 10.3. The highest BCUT2D eigenvalue weighted by atomic mass is 35.5. The summed E-state index contributed by atoms with van der Waals surface area (Å²) in [6.07, 6.45) is 3.50. The van der Waals surface area contributed by atoms with Gasteiger partial charge in [0.25, 0.3) is 5.91 Å². The van der Waals surface area contributed by atoms with Gasteiger partial charge >= 0.3 is 0 Å². The van der Waals surface area contributed by atoms with E-state index < -0.39 is 0 Å². The van der Waals surface area contributed by atoms with Crippen LogP contribution in [0.15, 0.2) is 18.3 Å². The van der Waals surface area contributed by atoms with E-state index in [0.29, 0.717) is 17.9 Å². The summed E-state index contributed by atoms with van der Waals surface area (Å²) in [5.41, 5.74) is 6.20. The van der Waals surface area contributed by atoms with Gasteiger partial charge in [-0.1, -0.05) is 0 Å². The summed E-state index contributed by atoms with van der Waals surface area (Å²) >= 11 is 0. The number of nitrogens with one attached hydrogen (secondary N) is 1. The van der Waals surface area contributed by atoms with Crippen LogP contribution in [0.3, 0.4) is 0 Å². The Morgan fingerprint density at radius 2 is 2.39 bits per heavy atom. The normalized spacial score (nSPS) is 22.3. The lowest BCUT2D eigenvalue weighted by Crippen LogP contribution is -2.40. The van der Waals surface area contributed by atoms with Gasteiger partial charge < -0.3 is 15.8 Å². The van der Waals surface area contributed by atoms with Crippen LogP contribution in [-0.2, 0) is 4.74 Å². The van der Waals surface area contributed by atoms with Crippen LogP contribution < -0.4 is 11.1 Å². The fraction of sp³-hybridized carbons (Fsp3) is 0.500. The first-order chi connectivity index (χ1) is 8.09. The van der Waals surface area contributed by atoms with E-state index in [1.54, 1.807) is 12.1 Å². The molecule has 18 heavy (non-hydrogen) atoms. The Morgan fingerprint density at radius 1 is 1.61 bits per heavy atom. The van der Waals surface area contributed by atoms with E-state index in [-0.39, 0.29) is 23.9 Å². The van der Waals surface area contributed by atoms with Crippen molar-refractivity contribution in [2.24, 2.45) is 0 Å². The monoisotopic (exact) mass is 271 g/mol. The lowest BCUT2D eigenvalue weighted by molar-refractivity contribution is 0.0205. The van der Waals surface area contributed by atoms with Crippen LogP contribution in [0.4, 0.5) is 5.69 Å². The fourth-order valence-electron chi connectivity index (χ4n) is 1.87.